The number of β-amino-alcohol motifs (C(OH)–C–C–N with tert-alkyl or cyclic N) is 1. The topological polar surface area (TPSA) is 118 Å². The summed E-state index contributed by atoms with van der Waals surface area (Å²) >= 11 is 0. The van der Waals surface area contributed by atoms with Crippen LogP contribution < -0.4 is 5.32 Å². The normalized spacial score (nSPS) is 24.3. The Bertz CT molecular complexity index is 1130. The number of nitrogens with one attached hydrogen (secondary N) is 1. The van der Waals surface area contributed by atoms with Crippen molar-refractivity contribution in [3.63, 3.8) is 0 Å². The molecule has 10 nitrogen and oxygen atoms in total. The number of aromatic hydroxyl groups is 1. The zero-order valence-corrected chi connectivity index (χ0v) is 18.9. The van der Waals surface area contributed by atoms with Gasteiger partial charge in [0.2, 0.25) is 11.7 Å². The summed E-state index contributed by atoms with van der Waals surface area (Å²) in [6.45, 7) is 1.76. The van der Waals surface area contributed by atoms with E-state index in [9.17, 15) is 23.4 Å². The fourth-order valence-electron chi connectivity index (χ4n) is 4.58. The van der Waals surface area contributed by atoms with Crippen LogP contribution >= 0.6 is 0 Å². The highest BCUT2D eigenvalue weighted by Crippen LogP contribution is 2.36. The molecule has 2 aliphatic heterocycles. The molecule has 2 fully saturated rings. The van der Waals surface area contributed by atoms with Crippen LogP contribution in [-0.2, 0) is 15.8 Å². The number of anilines is 1. The van der Waals surface area contributed by atoms with Crippen molar-refractivity contribution < 1.29 is 33.0 Å². The van der Waals surface area contributed by atoms with Crippen molar-refractivity contribution in [1.82, 2.24) is 24.8 Å². The van der Waals surface area contributed by atoms with Crippen molar-refractivity contribution in [2.45, 2.75) is 44.2 Å². The molecular formula is C22H27F3N6O4. The minimum Gasteiger partial charge on any atom is -0.492 e. The molecule has 190 valence electrons. The van der Waals surface area contributed by atoms with E-state index in [-0.39, 0.29) is 29.9 Å². The third-order valence-electron chi connectivity index (χ3n) is 6.36. The second-order valence-corrected chi connectivity index (χ2v) is 8.94. The van der Waals surface area contributed by atoms with Gasteiger partial charge in [0.25, 0.3) is 0 Å². The van der Waals surface area contributed by atoms with E-state index in [1.807, 2.05) is 12.2 Å². The number of fused-ring (bicyclic) bond motifs is 2. The largest absolute Gasteiger partial charge is 0.492 e. The number of alkyl halides is 3. The van der Waals surface area contributed by atoms with E-state index in [2.05, 4.69) is 26.5 Å². The van der Waals surface area contributed by atoms with Crippen molar-refractivity contribution in [1.29, 1.82) is 0 Å². The molecule has 2 saturated heterocycles. The second-order valence-electron chi connectivity index (χ2n) is 8.94. The minimum absolute atomic E-state index is 0.00127. The molecule has 3 aliphatic rings. The molecule has 3 N–H and O–H groups in total. The highest BCUT2D eigenvalue weighted by molar-refractivity contribution is 5.89. The van der Waals surface area contributed by atoms with Crippen LogP contribution in [-0.4, -0.2) is 74.0 Å². The SMILES string of the molecule is Oc1nc(C(F)(F)F)nc2c(NC[C@H](O)CN3CC4CC=CC=C4CO3)nn(C3CCCCO3)c12. The number of aliphatic hydroxyl groups is 1. The van der Waals surface area contributed by atoms with E-state index in [1.165, 1.54) is 10.3 Å². The molecule has 0 saturated carbocycles. The number of rotatable bonds is 6. The first-order valence-corrected chi connectivity index (χ1v) is 11.6. The number of nitrogens with zero attached hydrogens (tertiary/aromatic N) is 5. The van der Waals surface area contributed by atoms with E-state index in [4.69, 9.17) is 9.57 Å². The maximum atomic E-state index is 13.3. The zero-order valence-electron chi connectivity index (χ0n) is 18.9. The summed E-state index contributed by atoms with van der Waals surface area (Å²) in [5.41, 5.74) is 0.980. The van der Waals surface area contributed by atoms with Gasteiger partial charge in [0, 0.05) is 25.6 Å². The number of allylic oxidation sites excluding steroid dienone is 3. The Morgan fingerprint density at radius 2 is 2.11 bits per heavy atom. The molecule has 2 aromatic rings. The summed E-state index contributed by atoms with van der Waals surface area (Å²) in [4.78, 5) is 12.6. The van der Waals surface area contributed by atoms with Gasteiger partial charge in [0.1, 0.15) is 5.52 Å². The molecule has 0 radical (unpaired) electrons. The van der Waals surface area contributed by atoms with Crippen molar-refractivity contribution in [2.75, 3.05) is 38.2 Å². The number of hydrogen-bond acceptors (Lipinski definition) is 9. The Hall–Kier alpha value is -2.74. The quantitative estimate of drug-likeness (QED) is 0.555. The van der Waals surface area contributed by atoms with Gasteiger partial charge in [-0.25, -0.2) is 9.67 Å². The molecule has 3 atom stereocenters. The lowest BCUT2D eigenvalue weighted by Gasteiger charge is -2.35. The average molecular weight is 496 g/mol. The molecular weight excluding hydrogens is 469 g/mol. The van der Waals surface area contributed by atoms with E-state index in [0.29, 0.717) is 32.1 Å². The molecule has 13 heteroatoms. The number of hydroxylamine groups is 2. The summed E-state index contributed by atoms with van der Waals surface area (Å²) < 4.78 is 46.9. The molecule has 0 amide bonds. The maximum Gasteiger partial charge on any atom is 0.451 e. The Morgan fingerprint density at radius 1 is 1.26 bits per heavy atom. The third-order valence-corrected chi connectivity index (χ3v) is 6.36. The average Bonchev–Trinajstić information content (AvgIpc) is 3.22. The zero-order chi connectivity index (χ0) is 24.6. The predicted molar refractivity (Wildman–Crippen MR) is 118 cm³/mol. The number of ether oxygens (including phenoxy) is 1. The van der Waals surface area contributed by atoms with Gasteiger partial charge in [-0.05, 0) is 31.3 Å². The molecule has 5 rings (SSSR count). The smallest absolute Gasteiger partial charge is 0.451 e. The van der Waals surface area contributed by atoms with Gasteiger partial charge < -0.3 is 20.3 Å². The molecule has 35 heavy (non-hydrogen) atoms. The lowest BCUT2D eigenvalue weighted by molar-refractivity contribution is -0.187. The fraction of sp³-hybridized carbons (Fsp3) is 0.591. The highest BCUT2D eigenvalue weighted by atomic mass is 19.4. The van der Waals surface area contributed by atoms with Gasteiger partial charge in [-0.3, -0.25) is 4.84 Å². The number of aliphatic hydroxyl groups excluding tert-OH is 1. The van der Waals surface area contributed by atoms with Gasteiger partial charge in [0.05, 0.1) is 19.3 Å². The van der Waals surface area contributed by atoms with E-state index >= 15 is 0 Å². The Kier molecular flexibility index (Phi) is 6.66. The van der Waals surface area contributed by atoms with E-state index in [0.717, 1.165) is 19.3 Å². The Balaban J connectivity index is 1.33. The lowest BCUT2D eigenvalue weighted by atomic mass is 9.91. The van der Waals surface area contributed by atoms with Crippen molar-refractivity contribution in [3.8, 4) is 5.88 Å². The van der Waals surface area contributed by atoms with Crippen LogP contribution in [0, 0.1) is 5.92 Å². The van der Waals surface area contributed by atoms with Crippen LogP contribution in [0.4, 0.5) is 19.0 Å². The van der Waals surface area contributed by atoms with Gasteiger partial charge in [0.15, 0.2) is 17.6 Å². The van der Waals surface area contributed by atoms with E-state index in [1.54, 1.807) is 5.06 Å². The molecule has 4 heterocycles. The van der Waals surface area contributed by atoms with Crippen molar-refractivity contribution in [2.24, 2.45) is 5.92 Å². The number of hydrogen-bond donors (Lipinski definition) is 3. The lowest BCUT2D eigenvalue weighted by Crippen LogP contribution is -2.43. The molecule has 2 unspecified atom stereocenters. The van der Waals surface area contributed by atoms with Crippen molar-refractivity contribution in [3.05, 3.63) is 29.6 Å². The Morgan fingerprint density at radius 3 is 2.89 bits per heavy atom. The summed E-state index contributed by atoms with van der Waals surface area (Å²) in [6, 6.07) is 0. The number of halogens is 3. The van der Waals surface area contributed by atoms with Crippen molar-refractivity contribution >= 4 is 16.9 Å². The molecule has 1 aliphatic carbocycles. The summed E-state index contributed by atoms with van der Waals surface area (Å²) in [7, 11) is 0. The predicted octanol–water partition coefficient (Wildman–Crippen LogP) is 2.77. The third kappa shape index (κ3) is 5.13. The van der Waals surface area contributed by atoms with Crippen LogP contribution in [0.25, 0.3) is 11.0 Å². The first-order chi connectivity index (χ1) is 16.8. The van der Waals surface area contributed by atoms with Crippen LogP contribution in [0.15, 0.2) is 23.8 Å². The standard InChI is InChI=1S/C22H27F3N6O4/c23-22(24,25)21-27-17-18(20(33)28-21)31(16-7-3-4-8-34-16)29-19(17)26-9-15(32)11-30-10-13-5-1-2-6-14(13)12-35-30/h1-2,6,13,15-16,32H,3-5,7-12H2,(H,26,29)(H,27,28,33)/t13?,15-,16?/m0/s1. The molecule has 0 aromatic carbocycles. The molecule has 0 bridgehead atoms. The van der Waals surface area contributed by atoms with Crippen LogP contribution in [0.2, 0.25) is 0 Å². The summed E-state index contributed by atoms with van der Waals surface area (Å²) in [5, 5.41) is 29.9. The van der Waals surface area contributed by atoms with Gasteiger partial charge in [-0.2, -0.15) is 23.2 Å². The van der Waals surface area contributed by atoms with Gasteiger partial charge in [-0.1, -0.05) is 18.2 Å². The van der Waals surface area contributed by atoms with Crippen LogP contribution in [0.3, 0.4) is 0 Å². The van der Waals surface area contributed by atoms with E-state index < -0.39 is 30.2 Å². The van der Waals surface area contributed by atoms with Crippen LogP contribution in [0.5, 0.6) is 5.88 Å². The molecule has 2 aromatic heterocycles. The summed E-state index contributed by atoms with van der Waals surface area (Å²) in [5.74, 6) is -1.96. The fourth-order valence-corrected chi connectivity index (χ4v) is 4.58. The Labute approximate surface area is 199 Å². The summed E-state index contributed by atoms with van der Waals surface area (Å²) in [6.07, 6.45) is 3.05. The van der Waals surface area contributed by atoms with Gasteiger partial charge >= 0.3 is 6.18 Å². The van der Waals surface area contributed by atoms with Crippen LogP contribution in [0.1, 0.15) is 37.7 Å². The molecule has 0 spiro atoms. The van der Waals surface area contributed by atoms with Gasteiger partial charge in [-0.15, -0.1) is 5.10 Å². The maximum absolute atomic E-state index is 13.3. The first kappa shape index (κ1) is 24.0. The second kappa shape index (κ2) is 9.72. The minimum atomic E-state index is -4.85. The monoisotopic (exact) mass is 496 g/mol. The number of aromatic nitrogens is 4. The first-order valence-electron chi connectivity index (χ1n) is 11.6. The highest BCUT2D eigenvalue weighted by Gasteiger charge is 2.37.